The molecule has 1 aromatic carbocycles. The number of nitrogens with one attached hydrogen (secondary N) is 1. The zero-order valence-electron chi connectivity index (χ0n) is 12.1. The Morgan fingerprint density at radius 1 is 1.36 bits per heavy atom. The second-order valence-corrected chi connectivity index (χ2v) is 5.53. The number of aromatic nitrogens is 2. The van der Waals surface area contributed by atoms with E-state index in [2.05, 4.69) is 10.3 Å². The van der Waals surface area contributed by atoms with Gasteiger partial charge in [-0.2, -0.15) is 13.2 Å². The summed E-state index contributed by atoms with van der Waals surface area (Å²) in [5.74, 6) is 0.322. The van der Waals surface area contributed by atoms with Gasteiger partial charge in [0.15, 0.2) is 0 Å². The maximum atomic E-state index is 13.1. The van der Waals surface area contributed by atoms with E-state index in [4.69, 9.17) is 0 Å². The lowest BCUT2D eigenvalue weighted by Crippen LogP contribution is -2.38. The molecular formula is C15H16F3N3O. The lowest BCUT2D eigenvalue weighted by molar-refractivity contribution is -0.136. The van der Waals surface area contributed by atoms with Crippen LogP contribution in [0.15, 0.2) is 23.0 Å². The minimum absolute atomic E-state index is 0.0194. The molecule has 1 N–H and O–H groups in total. The van der Waals surface area contributed by atoms with Crippen LogP contribution < -0.4 is 10.9 Å². The summed E-state index contributed by atoms with van der Waals surface area (Å²) in [4.78, 5) is 16.7. The Hall–Kier alpha value is -1.89. The van der Waals surface area contributed by atoms with Crippen LogP contribution in [0.3, 0.4) is 0 Å². The third-order valence-corrected chi connectivity index (χ3v) is 4.05. The molecule has 2 aromatic rings. The van der Waals surface area contributed by atoms with Gasteiger partial charge >= 0.3 is 6.18 Å². The number of aryl methyl sites for hydroxylation is 1. The molecule has 0 saturated carbocycles. The molecule has 1 atom stereocenters. The Kier molecular flexibility index (Phi) is 3.68. The van der Waals surface area contributed by atoms with Crippen molar-refractivity contribution in [2.75, 3.05) is 13.1 Å². The molecule has 0 amide bonds. The number of hydrogen-bond donors (Lipinski definition) is 1. The van der Waals surface area contributed by atoms with Crippen LogP contribution in [0.2, 0.25) is 0 Å². The van der Waals surface area contributed by atoms with Gasteiger partial charge in [0.1, 0.15) is 5.82 Å². The molecule has 1 fully saturated rings. The van der Waals surface area contributed by atoms with E-state index in [1.165, 1.54) is 16.7 Å². The fraction of sp³-hybridized carbons (Fsp3) is 0.467. The summed E-state index contributed by atoms with van der Waals surface area (Å²) in [6.07, 6.45) is -2.78. The van der Waals surface area contributed by atoms with E-state index < -0.39 is 17.3 Å². The van der Waals surface area contributed by atoms with E-state index >= 15 is 0 Å². The normalized spacial score (nSPS) is 19.5. The minimum atomic E-state index is -4.52. The number of benzene rings is 1. The highest BCUT2D eigenvalue weighted by Gasteiger charge is 2.34. The molecule has 22 heavy (non-hydrogen) atoms. The quantitative estimate of drug-likeness (QED) is 0.881. The molecule has 0 aliphatic carbocycles. The van der Waals surface area contributed by atoms with Gasteiger partial charge in [-0.25, -0.2) is 4.98 Å². The first-order valence-corrected chi connectivity index (χ1v) is 7.19. The van der Waals surface area contributed by atoms with Crippen molar-refractivity contribution in [1.29, 1.82) is 0 Å². The van der Waals surface area contributed by atoms with E-state index in [0.29, 0.717) is 12.4 Å². The summed E-state index contributed by atoms with van der Waals surface area (Å²) in [5.41, 5.74) is -1.53. The molecular weight excluding hydrogens is 295 g/mol. The van der Waals surface area contributed by atoms with Crippen molar-refractivity contribution in [2.45, 2.75) is 32.0 Å². The highest BCUT2D eigenvalue weighted by atomic mass is 19.4. The van der Waals surface area contributed by atoms with Gasteiger partial charge in [-0.3, -0.25) is 9.36 Å². The summed E-state index contributed by atoms with van der Waals surface area (Å²) in [7, 11) is 0. The van der Waals surface area contributed by atoms with Crippen LogP contribution in [0.1, 0.15) is 30.3 Å². The smallest absolute Gasteiger partial charge is 0.315 e. The number of alkyl halides is 3. The Morgan fingerprint density at radius 2 is 2.14 bits per heavy atom. The summed E-state index contributed by atoms with van der Waals surface area (Å²) in [5, 5.41) is 3.22. The number of fused-ring (bicyclic) bond motifs is 1. The number of hydrogen-bond acceptors (Lipinski definition) is 3. The van der Waals surface area contributed by atoms with E-state index in [9.17, 15) is 18.0 Å². The van der Waals surface area contributed by atoms with Crippen molar-refractivity contribution < 1.29 is 13.2 Å². The zero-order chi connectivity index (χ0) is 15.9. The van der Waals surface area contributed by atoms with Gasteiger partial charge in [0.25, 0.3) is 5.56 Å². The average molecular weight is 311 g/mol. The highest BCUT2D eigenvalue weighted by molar-refractivity contribution is 5.81. The molecule has 118 valence electrons. The molecule has 4 nitrogen and oxygen atoms in total. The number of halogens is 3. The van der Waals surface area contributed by atoms with Gasteiger partial charge in [-0.05, 0) is 38.4 Å². The maximum Gasteiger partial charge on any atom is 0.418 e. The van der Waals surface area contributed by atoms with E-state index in [0.717, 1.165) is 25.5 Å². The monoisotopic (exact) mass is 311 g/mol. The van der Waals surface area contributed by atoms with Crippen molar-refractivity contribution in [1.82, 2.24) is 14.9 Å². The van der Waals surface area contributed by atoms with Crippen LogP contribution >= 0.6 is 0 Å². The fourth-order valence-corrected chi connectivity index (χ4v) is 3.04. The first-order chi connectivity index (χ1) is 10.4. The highest BCUT2D eigenvalue weighted by Crippen LogP contribution is 2.33. The molecule has 0 bridgehead atoms. The molecule has 3 rings (SSSR count). The van der Waals surface area contributed by atoms with Crippen LogP contribution in [-0.4, -0.2) is 22.6 Å². The SMILES string of the molecule is Cc1nc2c(C(F)(F)F)cccc2c(=O)n1C1CCCNC1. The third kappa shape index (κ3) is 2.49. The van der Waals surface area contributed by atoms with E-state index in [1.807, 2.05) is 0 Å². The van der Waals surface area contributed by atoms with Gasteiger partial charge in [-0.1, -0.05) is 6.07 Å². The lowest BCUT2D eigenvalue weighted by atomic mass is 10.1. The summed E-state index contributed by atoms with van der Waals surface area (Å²) in [6.45, 7) is 3.11. The first kappa shape index (κ1) is 15.0. The lowest BCUT2D eigenvalue weighted by Gasteiger charge is -2.26. The standard InChI is InChI=1S/C15H16F3N3O/c1-9-20-13-11(5-2-6-12(13)15(16,17)18)14(22)21(9)10-4-3-7-19-8-10/h2,5-6,10,19H,3-4,7-8H2,1H3. The van der Waals surface area contributed by atoms with Crippen LogP contribution in [0.5, 0.6) is 0 Å². The predicted molar refractivity (Wildman–Crippen MR) is 76.9 cm³/mol. The number of rotatable bonds is 1. The van der Waals surface area contributed by atoms with Gasteiger partial charge < -0.3 is 5.32 Å². The average Bonchev–Trinajstić information content (AvgIpc) is 2.47. The molecule has 1 aliphatic rings. The molecule has 7 heteroatoms. The van der Waals surface area contributed by atoms with E-state index in [-0.39, 0.29) is 16.9 Å². The van der Waals surface area contributed by atoms with Crippen LogP contribution in [0, 0.1) is 6.92 Å². The van der Waals surface area contributed by atoms with Gasteiger partial charge in [-0.15, -0.1) is 0 Å². The van der Waals surface area contributed by atoms with Crippen LogP contribution in [-0.2, 0) is 6.18 Å². The minimum Gasteiger partial charge on any atom is -0.315 e. The van der Waals surface area contributed by atoms with Crippen LogP contribution in [0.25, 0.3) is 10.9 Å². The number of para-hydroxylation sites is 1. The second-order valence-electron chi connectivity index (χ2n) is 5.53. The fourth-order valence-electron chi connectivity index (χ4n) is 3.04. The van der Waals surface area contributed by atoms with Gasteiger partial charge in [0.05, 0.1) is 22.5 Å². The second kappa shape index (κ2) is 5.39. The number of piperidine rings is 1. The van der Waals surface area contributed by atoms with Crippen molar-refractivity contribution >= 4 is 10.9 Å². The molecule has 1 unspecified atom stereocenters. The third-order valence-electron chi connectivity index (χ3n) is 4.05. The van der Waals surface area contributed by atoms with Gasteiger partial charge in [0, 0.05) is 6.54 Å². The van der Waals surface area contributed by atoms with E-state index in [1.54, 1.807) is 6.92 Å². The molecule has 1 saturated heterocycles. The maximum absolute atomic E-state index is 13.1. The summed E-state index contributed by atoms with van der Waals surface area (Å²) in [6, 6.07) is 3.56. The topological polar surface area (TPSA) is 46.9 Å². The van der Waals surface area contributed by atoms with Gasteiger partial charge in [0.2, 0.25) is 0 Å². The van der Waals surface area contributed by atoms with Crippen molar-refractivity contribution in [3.05, 3.63) is 39.9 Å². The Balaban J connectivity index is 2.24. The Morgan fingerprint density at radius 3 is 2.77 bits per heavy atom. The Labute approximate surface area is 125 Å². The first-order valence-electron chi connectivity index (χ1n) is 7.19. The van der Waals surface area contributed by atoms with Crippen molar-refractivity contribution in [3.63, 3.8) is 0 Å². The Bertz CT molecular complexity index is 761. The van der Waals surface area contributed by atoms with Crippen molar-refractivity contribution in [3.8, 4) is 0 Å². The zero-order valence-corrected chi connectivity index (χ0v) is 12.1. The summed E-state index contributed by atoms with van der Waals surface area (Å²) < 4.78 is 40.8. The molecule has 0 radical (unpaired) electrons. The summed E-state index contributed by atoms with van der Waals surface area (Å²) >= 11 is 0. The molecule has 0 spiro atoms. The predicted octanol–water partition coefficient (Wildman–Crippen LogP) is 2.65. The number of nitrogens with zero attached hydrogens (tertiary/aromatic N) is 2. The molecule has 1 aliphatic heterocycles. The molecule has 1 aromatic heterocycles. The van der Waals surface area contributed by atoms with Crippen LogP contribution in [0.4, 0.5) is 13.2 Å². The molecule has 2 heterocycles. The van der Waals surface area contributed by atoms with Crippen molar-refractivity contribution in [2.24, 2.45) is 0 Å². The largest absolute Gasteiger partial charge is 0.418 e.